The van der Waals surface area contributed by atoms with Gasteiger partial charge in [0.1, 0.15) is 5.75 Å². The molecule has 0 spiro atoms. The van der Waals surface area contributed by atoms with Crippen molar-refractivity contribution in [1.82, 2.24) is 0 Å². The largest absolute Gasteiger partial charge is 0.496 e. The maximum atomic E-state index is 10.6. The summed E-state index contributed by atoms with van der Waals surface area (Å²) in [5, 5.41) is 8.70. The summed E-state index contributed by atoms with van der Waals surface area (Å²) in [6.45, 7) is 6.65. The van der Waals surface area contributed by atoms with E-state index in [2.05, 4.69) is 6.92 Å². The van der Waals surface area contributed by atoms with Crippen LogP contribution in [0.3, 0.4) is 0 Å². The lowest BCUT2D eigenvalue weighted by Gasteiger charge is -2.23. The lowest BCUT2D eigenvalue weighted by molar-refractivity contribution is -0.131. The standard InChI is InChI=1S/C16H22O4/c1-5-16(2,3)20-11-12-6-8-14(19-4)13(10-12)7-9-15(17)18/h6-10H,5,11H2,1-4H3,(H,17,18). The molecule has 4 heteroatoms. The van der Waals surface area contributed by atoms with E-state index in [1.807, 2.05) is 32.0 Å². The van der Waals surface area contributed by atoms with Crippen molar-refractivity contribution in [2.75, 3.05) is 7.11 Å². The summed E-state index contributed by atoms with van der Waals surface area (Å²) < 4.78 is 11.1. The lowest BCUT2D eigenvalue weighted by atomic mass is 10.1. The van der Waals surface area contributed by atoms with E-state index < -0.39 is 5.97 Å². The van der Waals surface area contributed by atoms with E-state index >= 15 is 0 Å². The number of carbonyl (C=O) groups is 1. The SMILES string of the molecule is CCC(C)(C)OCc1ccc(OC)c(C=CC(=O)O)c1. The molecule has 0 saturated carbocycles. The third kappa shape index (κ3) is 5.05. The second-order valence-corrected chi connectivity index (χ2v) is 5.15. The number of benzene rings is 1. The van der Waals surface area contributed by atoms with Crippen molar-refractivity contribution in [3.8, 4) is 5.75 Å². The normalized spacial score (nSPS) is 11.8. The minimum absolute atomic E-state index is 0.170. The van der Waals surface area contributed by atoms with Gasteiger partial charge in [-0.25, -0.2) is 4.79 Å². The minimum atomic E-state index is -0.985. The first kappa shape index (κ1) is 16.2. The van der Waals surface area contributed by atoms with Crippen LogP contribution in [0.5, 0.6) is 5.75 Å². The number of carboxylic acids is 1. The van der Waals surface area contributed by atoms with Gasteiger partial charge in [-0.15, -0.1) is 0 Å². The molecule has 0 bridgehead atoms. The van der Waals surface area contributed by atoms with Gasteiger partial charge >= 0.3 is 5.97 Å². The molecule has 0 radical (unpaired) electrons. The van der Waals surface area contributed by atoms with Gasteiger partial charge in [0.05, 0.1) is 19.3 Å². The van der Waals surface area contributed by atoms with Gasteiger partial charge in [0, 0.05) is 11.6 Å². The second-order valence-electron chi connectivity index (χ2n) is 5.15. The molecule has 0 fully saturated rings. The first-order valence-electron chi connectivity index (χ1n) is 6.60. The Morgan fingerprint density at radius 3 is 2.65 bits per heavy atom. The smallest absolute Gasteiger partial charge is 0.328 e. The van der Waals surface area contributed by atoms with Crippen LogP contribution in [-0.2, 0) is 16.1 Å². The van der Waals surface area contributed by atoms with Gasteiger partial charge in [-0.1, -0.05) is 13.0 Å². The third-order valence-corrected chi connectivity index (χ3v) is 3.18. The molecule has 4 nitrogen and oxygen atoms in total. The van der Waals surface area contributed by atoms with Gasteiger partial charge in [-0.2, -0.15) is 0 Å². The molecule has 0 saturated heterocycles. The highest BCUT2D eigenvalue weighted by atomic mass is 16.5. The summed E-state index contributed by atoms with van der Waals surface area (Å²) in [5.41, 5.74) is 1.54. The Kier molecular flexibility index (Phi) is 5.77. The van der Waals surface area contributed by atoms with Crippen molar-refractivity contribution >= 4 is 12.0 Å². The fourth-order valence-electron chi connectivity index (χ4n) is 1.55. The number of ether oxygens (including phenoxy) is 2. The van der Waals surface area contributed by atoms with Gasteiger partial charge in [-0.3, -0.25) is 0 Å². The minimum Gasteiger partial charge on any atom is -0.496 e. The maximum Gasteiger partial charge on any atom is 0.328 e. The fourth-order valence-corrected chi connectivity index (χ4v) is 1.55. The molecule has 1 rings (SSSR count). The molecule has 1 aromatic carbocycles. The van der Waals surface area contributed by atoms with Gasteiger partial charge in [0.25, 0.3) is 0 Å². The zero-order chi connectivity index (χ0) is 15.2. The molecule has 1 N–H and O–H groups in total. The van der Waals surface area contributed by atoms with Gasteiger partial charge in [-0.05, 0) is 44.0 Å². The average Bonchev–Trinajstić information content (AvgIpc) is 2.43. The van der Waals surface area contributed by atoms with Crippen molar-refractivity contribution in [2.24, 2.45) is 0 Å². The number of rotatable bonds is 7. The van der Waals surface area contributed by atoms with Crippen molar-refractivity contribution in [2.45, 2.75) is 39.4 Å². The molecule has 0 unspecified atom stereocenters. The van der Waals surface area contributed by atoms with Crippen LogP contribution in [0, 0.1) is 0 Å². The summed E-state index contributed by atoms with van der Waals surface area (Å²) in [7, 11) is 1.56. The summed E-state index contributed by atoms with van der Waals surface area (Å²) in [4.78, 5) is 10.6. The number of carboxylic acid groups (broad SMARTS) is 1. The van der Waals surface area contributed by atoms with E-state index in [1.54, 1.807) is 7.11 Å². The highest BCUT2D eigenvalue weighted by Crippen LogP contribution is 2.23. The predicted octanol–water partition coefficient (Wildman–Crippen LogP) is 3.50. The van der Waals surface area contributed by atoms with Crippen LogP contribution in [0.25, 0.3) is 6.08 Å². The van der Waals surface area contributed by atoms with Crippen molar-refractivity contribution in [3.63, 3.8) is 0 Å². The highest BCUT2D eigenvalue weighted by molar-refractivity contribution is 5.85. The molecule has 0 aliphatic heterocycles. The summed E-state index contributed by atoms with van der Waals surface area (Å²) >= 11 is 0. The number of aliphatic carboxylic acids is 1. The molecule has 20 heavy (non-hydrogen) atoms. The first-order valence-corrected chi connectivity index (χ1v) is 6.60. The summed E-state index contributed by atoms with van der Waals surface area (Å²) in [5.74, 6) is -0.346. The van der Waals surface area contributed by atoms with Crippen LogP contribution < -0.4 is 4.74 Å². The topological polar surface area (TPSA) is 55.8 Å². The summed E-state index contributed by atoms with van der Waals surface area (Å²) in [6.07, 6.45) is 3.54. The number of hydrogen-bond acceptors (Lipinski definition) is 3. The molecular formula is C16H22O4. The summed E-state index contributed by atoms with van der Waals surface area (Å²) in [6, 6.07) is 5.62. The highest BCUT2D eigenvalue weighted by Gasteiger charge is 2.15. The second kappa shape index (κ2) is 7.10. The van der Waals surface area contributed by atoms with Crippen LogP contribution in [-0.4, -0.2) is 23.8 Å². The van der Waals surface area contributed by atoms with E-state index in [4.69, 9.17) is 14.6 Å². The Morgan fingerprint density at radius 2 is 2.10 bits per heavy atom. The monoisotopic (exact) mass is 278 g/mol. The molecule has 1 aromatic rings. The van der Waals surface area contributed by atoms with E-state index in [0.29, 0.717) is 12.4 Å². The fraction of sp³-hybridized carbons (Fsp3) is 0.438. The van der Waals surface area contributed by atoms with Gasteiger partial charge in [0.2, 0.25) is 0 Å². The van der Waals surface area contributed by atoms with Crippen molar-refractivity contribution in [1.29, 1.82) is 0 Å². The molecule has 0 aliphatic carbocycles. The zero-order valence-electron chi connectivity index (χ0n) is 12.5. The maximum absolute atomic E-state index is 10.6. The molecule has 0 aromatic heterocycles. The van der Waals surface area contributed by atoms with Crippen LogP contribution in [0.15, 0.2) is 24.3 Å². The Bertz CT molecular complexity index is 489. The van der Waals surface area contributed by atoms with Gasteiger partial charge < -0.3 is 14.6 Å². The lowest BCUT2D eigenvalue weighted by Crippen LogP contribution is -2.22. The van der Waals surface area contributed by atoms with Crippen LogP contribution in [0.4, 0.5) is 0 Å². The van der Waals surface area contributed by atoms with E-state index in [9.17, 15) is 4.79 Å². The van der Waals surface area contributed by atoms with E-state index in [0.717, 1.165) is 23.6 Å². The molecule has 0 amide bonds. The quantitative estimate of drug-likeness (QED) is 0.776. The van der Waals surface area contributed by atoms with Crippen LogP contribution >= 0.6 is 0 Å². The Balaban J connectivity index is 2.89. The van der Waals surface area contributed by atoms with Crippen molar-refractivity contribution in [3.05, 3.63) is 35.4 Å². The number of methoxy groups -OCH3 is 1. The average molecular weight is 278 g/mol. The van der Waals surface area contributed by atoms with Crippen LogP contribution in [0.1, 0.15) is 38.3 Å². The van der Waals surface area contributed by atoms with E-state index in [-0.39, 0.29) is 5.60 Å². The molecule has 110 valence electrons. The van der Waals surface area contributed by atoms with Crippen LogP contribution in [0.2, 0.25) is 0 Å². The number of hydrogen-bond donors (Lipinski definition) is 1. The predicted molar refractivity (Wildman–Crippen MR) is 78.8 cm³/mol. The molecule has 0 aliphatic rings. The first-order chi connectivity index (χ1) is 9.38. The zero-order valence-corrected chi connectivity index (χ0v) is 12.5. The Morgan fingerprint density at radius 1 is 1.40 bits per heavy atom. The van der Waals surface area contributed by atoms with E-state index in [1.165, 1.54) is 6.08 Å². The van der Waals surface area contributed by atoms with Crippen molar-refractivity contribution < 1.29 is 19.4 Å². The van der Waals surface area contributed by atoms with Gasteiger partial charge in [0.15, 0.2) is 0 Å². The molecule has 0 heterocycles. The molecule has 0 atom stereocenters. The Hall–Kier alpha value is -1.81. The molecular weight excluding hydrogens is 256 g/mol. The third-order valence-electron chi connectivity index (χ3n) is 3.18. The Labute approximate surface area is 120 Å².